The highest BCUT2D eigenvalue weighted by Gasteiger charge is 2.31. The summed E-state index contributed by atoms with van der Waals surface area (Å²) in [6.07, 6.45) is -2.40. The van der Waals surface area contributed by atoms with E-state index in [9.17, 15) is 18.0 Å². The van der Waals surface area contributed by atoms with Gasteiger partial charge in [0.25, 0.3) is 0 Å². The van der Waals surface area contributed by atoms with E-state index in [-0.39, 0.29) is 36.7 Å². The molecule has 1 amide bonds. The molecule has 7 heteroatoms. The van der Waals surface area contributed by atoms with Crippen molar-refractivity contribution in [2.75, 3.05) is 6.54 Å². The molecule has 0 aromatic heterocycles. The van der Waals surface area contributed by atoms with E-state index in [0.717, 1.165) is 31.5 Å². The SMILES string of the molecule is CC1CC(NC(=O)CC(C)c2cccc(C(F)(F)F)c2)CCN1.Cl. The molecule has 2 N–H and O–H groups in total. The van der Waals surface area contributed by atoms with Gasteiger partial charge in [0, 0.05) is 18.5 Å². The summed E-state index contributed by atoms with van der Waals surface area (Å²) in [5, 5.41) is 6.31. The third-order valence-electron chi connectivity index (χ3n) is 4.26. The van der Waals surface area contributed by atoms with Crippen molar-refractivity contribution >= 4 is 18.3 Å². The lowest BCUT2D eigenvalue weighted by Gasteiger charge is -2.29. The minimum absolute atomic E-state index is 0. The van der Waals surface area contributed by atoms with Gasteiger partial charge < -0.3 is 10.6 Å². The Bertz CT molecular complexity index is 551. The first-order chi connectivity index (χ1) is 10.8. The summed E-state index contributed by atoms with van der Waals surface area (Å²) in [7, 11) is 0. The average molecular weight is 365 g/mol. The van der Waals surface area contributed by atoms with Crippen molar-refractivity contribution in [3.8, 4) is 0 Å². The lowest BCUT2D eigenvalue weighted by atomic mass is 9.95. The molecule has 0 aliphatic carbocycles. The maximum Gasteiger partial charge on any atom is 0.416 e. The minimum atomic E-state index is -4.36. The maximum absolute atomic E-state index is 12.8. The van der Waals surface area contributed by atoms with Gasteiger partial charge in [0.05, 0.1) is 5.56 Å². The summed E-state index contributed by atoms with van der Waals surface area (Å²) in [6, 6.07) is 5.72. The zero-order chi connectivity index (χ0) is 17.0. The second kappa shape index (κ2) is 8.72. The van der Waals surface area contributed by atoms with Gasteiger partial charge in [-0.1, -0.05) is 25.1 Å². The van der Waals surface area contributed by atoms with E-state index in [0.29, 0.717) is 11.6 Å². The number of carbonyl (C=O) groups excluding carboxylic acids is 1. The van der Waals surface area contributed by atoms with Crippen LogP contribution in [0.2, 0.25) is 0 Å². The summed E-state index contributed by atoms with van der Waals surface area (Å²) in [5.74, 6) is -0.356. The predicted molar refractivity (Wildman–Crippen MR) is 90.4 cm³/mol. The van der Waals surface area contributed by atoms with Crippen molar-refractivity contribution in [3.05, 3.63) is 35.4 Å². The number of halogens is 4. The van der Waals surface area contributed by atoms with Crippen molar-refractivity contribution in [2.45, 2.75) is 57.3 Å². The van der Waals surface area contributed by atoms with Gasteiger partial charge in [-0.25, -0.2) is 0 Å². The Morgan fingerprint density at radius 1 is 1.42 bits per heavy atom. The second-order valence-electron chi connectivity index (χ2n) is 6.37. The van der Waals surface area contributed by atoms with Crippen LogP contribution in [0.1, 0.15) is 50.2 Å². The van der Waals surface area contributed by atoms with Crippen LogP contribution >= 0.6 is 12.4 Å². The molecule has 1 aromatic rings. The van der Waals surface area contributed by atoms with E-state index < -0.39 is 11.7 Å². The highest BCUT2D eigenvalue weighted by molar-refractivity contribution is 5.85. The molecule has 1 aliphatic rings. The molecule has 1 aliphatic heterocycles. The Kier molecular flexibility index (Phi) is 7.55. The molecule has 3 nitrogen and oxygen atoms in total. The molecule has 1 aromatic carbocycles. The fourth-order valence-corrected chi connectivity index (χ4v) is 2.97. The van der Waals surface area contributed by atoms with Crippen LogP contribution in [0.3, 0.4) is 0 Å². The van der Waals surface area contributed by atoms with Crippen molar-refractivity contribution < 1.29 is 18.0 Å². The van der Waals surface area contributed by atoms with Crippen molar-refractivity contribution in [2.24, 2.45) is 0 Å². The highest BCUT2D eigenvalue weighted by Crippen LogP contribution is 2.31. The molecule has 0 saturated carbocycles. The van der Waals surface area contributed by atoms with Crippen molar-refractivity contribution in [3.63, 3.8) is 0 Å². The number of nitrogens with one attached hydrogen (secondary N) is 2. The zero-order valence-electron chi connectivity index (χ0n) is 13.8. The van der Waals surface area contributed by atoms with Crippen LogP contribution in [-0.4, -0.2) is 24.5 Å². The average Bonchev–Trinajstić information content (AvgIpc) is 2.46. The molecule has 24 heavy (non-hydrogen) atoms. The third kappa shape index (κ3) is 5.98. The van der Waals surface area contributed by atoms with Crippen LogP contribution in [0.4, 0.5) is 13.2 Å². The van der Waals surface area contributed by atoms with E-state index in [1.54, 1.807) is 13.0 Å². The van der Waals surface area contributed by atoms with Crippen LogP contribution in [0.15, 0.2) is 24.3 Å². The monoisotopic (exact) mass is 364 g/mol. The quantitative estimate of drug-likeness (QED) is 0.851. The van der Waals surface area contributed by atoms with Crippen LogP contribution in [0, 0.1) is 0 Å². The Morgan fingerprint density at radius 3 is 2.75 bits per heavy atom. The number of carbonyl (C=O) groups is 1. The largest absolute Gasteiger partial charge is 0.416 e. The summed E-state index contributed by atoms with van der Waals surface area (Å²) in [5.41, 5.74) is -0.136. The molecule has 0 radical (unpaired) electrons. The molecule has 1 saturated heterocycles. The fraction of sp³-hybridized carbons (Fsp3) is 0.588. The van der Waals surface area contributed by atoms with Gasteiger partial charge in [-0.3, -0.25) is 4.79 Å². The molecule has 136 valence electrons. The van der Waals surface area contributed by atoms with Crippen LogP contribution < -0.4 is 10.6 Å². The Balaban J connectivity index is 0.00000288. The van der Waals surface area contributed by atoms with Gasteiger partial charge in [-0.2, -0.15) is 13.2 Å². The van der Waals surface area contributed by atoms with E-state index >= 15 is 0 Å². The molecule has 0 spiro atoms. The predicted octanol–water partition coefficient (Wildman–Crippen LogP) is 3.88. The van der Waals surface area contributed by atoms with Gasteiger partial charge in [0.2, 0.25) is 5.91 Å². The first kappa shape index (κ1) is 20.8. The number of hydrogen-bond donors (Lipinski definition) is 2. The molecule has 3 unspecified atom stereocenters. The Hall–Kier alpha value is -1.27. The molecule has 1 heterocycles. The Labute approximate surface area is 146 Å². The summed E-state index contributed by atoms with van der Waals surface area (Å²) < 4.78 is 38.3. The maximum atomic E-state index is 12.8. The molecular formula is C17H24ClF3N2O. The lowest BCUT2D eigenvalue weighted by molar-refractivity contribution is -0.137. The first-order valence-corrected chi connectivity index (χ1v) is 7.95. The van der Waals surface area contributed by atoms with E-state index in [2.05, 4.69) is 17.6 Å². The molecule has 2 rings (SSSR count). The number of rotatable bonds is 4. The normalized spacial score (nSPS) is 22.4. The fourth-order valence-electron chi connectivity index (χ4n) is 2.97. The van der Waals surface area contributed by atoms with Crippen LogP contribution in [-0.2, 0) is 11.0 Å². The van der Waals surface area contributed by atoms with Crippen molar-refractivity contribution in [1.82, 2.24) is 10.6 Å². The summed E-state index contributed by atoms with van der Waals surface area (Å²) in [4.78, 5) is 12.1. The Morgan fingerprint density at radius 2 is 2.12 bits per heavy atom. The number of alkyl halides is 3. The van der Waals surface area contributed by atoms with Crippen LogP contribution in [0.25, 0.3) is 0 Å². The number of hydrogen-bond acceptors (Lipinski definition) is 2. The van der Waals surface area contributed by atoms with Gasteiger partial charge >= 0.3 is 6.18 Å². The van der Waals surface area contributed by atoms with Gasteiger partial charge in [-0.05, 0) is 43.9 Å². The van der Waals surface area contributed by atoms with Gasteiger partial charge in [-0.15, -0.1) is 12.4 Å². The third-order valence-corrected chi connectivity index (χ3v) is 4.26. The number of amides is 1. The molecular weight excluding hydrogens is 341 g/mol. The van der Waals surface area contributed by atoms with Crippen LogP contribution in [0.5, 0.6) is 0 Å². The number of benzene rings is 1. The standard InChI is InChI=1S/C17H23F3N2O.ClH/c1-11(13-4-3-5-14(10-13)17(18,19)20)8-16(23)22-15-6-7-21-12(2)9-15;/h3-5,10-12,15,21H,6-9H2,1-2H3,(H,22,23);1H. The van der Waals surface area contributed by atoms with Gasteiger partial charge in [0.1, 0.15) is 0 Å². The molecule has 0 bridgehead atoms. The summed E-state index contributed by atoms with van der Waals surface area (Å²) in [6.45, 7) is 4.72. The van der Waals surface area contributed by atoms with Crippen molar-refractivity contribution in [1.29, 1.82) is 0 Å². The smallest absolute Gasteiger partial charge is 0.353 e. The second-order valence-corrected chi connectivity index (χ2v) is 6.37. The molecule has 1 fully saturated rings. The zero-order valence-corrected chi connectivity index (χ0v) is 14.6. The van der Waals surface area contributed by atoms with Gasteiger partial charge in [0.15, 0.2) is 0 Å². The van der Waals surface area contributed by atoms with E-state index in [4.69, 9.17) is 0 Å². The van der Waals surface area contributed by atoms with E-state index in [1.165, 1.54) is 6.07 Å². The first-order valence-electron chi connectivity index (χ1n) is 7.95. The lowest BCUT2D eigenvalue weighted by Crippen LogP contribution is -2.46. The van der Waals surface area contributed by atoms with E-state index in [1.807, 2.05) is 0 Å². The minimum Gasteiger partial charge on any atom is -0.353 e. The highest BCUT2D eigenvalue weighted by atomic mass is 35.5. The number of piperidine rings is 1. The topological polar surface area (TPSA) is 41.1 Å². The summed E-state index contributed by atoms with van der Waals surface area (Å²) >= 11 is 0. The molecule has 3 atom stereocenters.